The van der Waals surface area contributed by atoms with Gasteiger partial charge in [-0.25, -0.2) is 0 Å². The Morgan fingerprint density at radius 3 is 1.68 bits per heavy atom. The summed E-state index contributed by atoms with van der Waals surface area (Å²) in [6.45, 7) is 1.17. The van der Waals surface area contributed by atoms with E-state index < -0.39 is 0 Å². The van der Waals surface area contributed by atoms with Crippen LogP contribution in [0.1, 0.15) is 22.3 Å². The summed E-state index contributed by atoms with van der Waals surface area (Å²) >= 11 is 0. The zero-order chi connectivity index (χ0) is 17.3. The Bertz CT molecular complexity index is 781. The molecule has 0 unspecified atom stereocenters. The van der Waals surface area contributed by atoms with E-state index in [-0.39, 0.29) is 5.78 Å². The number of carbonyl (C=O) groups is 1. The van der Waals surface area contributed by atoms with Crippen molar-refractivity contribution in [1.29, 1.82) is 0 Å². The maximum atomic E-state index is 12.3. The molecule has 126 valence electrons. The molecule has 0 aliphatic rings. The number of para-hydroxylation sites is 1. The van der Waals surface area contributed by atoms with Crippen LogP contribution in [0.25, 0.3) is 0 Å². The lowest BCUT2D eigenvalue weighted by molar-refractivity contribution is 0.103. The monoisotopic (exact) mass is 332 g/mol. The Hall–Kier alpha value is -3.07. The molecule has 0 aliphatic heterocycles. The first-order chi connectivity index (χ1) is 12.3. The molecule has 25 heavy (non-hydrogen) atoms. The Morgan fingerprint density at radius 1 is 0.600 bits per heavy atom. The van der Waals surface area contributed by atoms with E-state index in [1.54, 1.807) is 12.1 Å². The molecular weight excluding hydrogens is 312 g/mol. The van der Waals surface area contributed by atoms with Crippen molar-refractivity contribution in [1.82, 2.24) is 0 Å². The van der Waals surface area contributed by atoms with Gasteiger partial charge < -0.3 is 9.47 Å². The van der Waals surface area contributed by atoms with Gasteiger partial charge in [-0.3, -0.25) is 4.79 Å². The van der Waals surface area contributed by atoms with Crippen LogP contribution in [-0.4, -0.2) is 19.0 Å². The SMILES string of the molecule is O=C(c1ccccc1)c1ccc(OCCCOc2ccccc2)cc1. The van der Waals surface area contributed by atoms with Crippen molar-refractivity contribution in [3.63, 3.8) is 0 Å². The Morgan fingerprint density at radius 2 is 1.08 bits per heavy atom. The van der Waals surface area contributed by atoms with E-state index in [2.05, 4.69) is 0 Å². The van der Waals surface area contributed by atoms with Crippen LogP contribution >= 0.6 is 0 Å². The van der Waals surface area contributed by atoms with E-state index in [1.165, 1.54) is 0 Å². The third kappa shape index (κ3) is 4.95. The summed E-state index contributed by atoms with van der Waals surface area (Å²) in [6, 6.07) is 26.2. The molecule has 0 radical (unpaired) electrons. The topological polar surface area (TPSA) is 35.5 Å². The van der Waals surface area contributed by atoms with E-state index in [4.69, 9.17) is 9.47 Å². The Balaban J connectivity index is 1.44. The van der Waals surface area contributed by atoms with E-state index in [0.29, 0.717) is 24.3 Å². The van der Waals surface area contributed by atoms with E-state index in [0.717, 1.165) is 17.9 Å². The molecule has 3 heteroatoms. The van der Waals surface area contributed by atoms with Crippen molar-refractivity contribution < 1.29 is 14.3 Å². The fraction of sp³-hybridized carbons (Fsp3) is 0.136. The molecule has 0 fully saturated rings. The van der Waals surface area contributed by atoms with Gasteiger partial charge in [-0.05, 0) is 36.4 Å². The molecule has 0 aliphatic carbocycles. The van der Waals surface area contributed by atoms with E-state index in [1.807, 2.05) is 72.8 Å². The van der Waals surface area contributed by atoms with Gasteiger partial charge in [0.1, 0.15) is 11.5 Å². The first-order valence-corrected chi connectivity index (χ1v) is 8.33. The fourth-order valence-electron chi connectivity index (χ4n) is 2.41. The van der Waals surface area contributed by atoms with Crippen molar-refractivity contribution in [2.24, 2.45) is 0 Å². The number of hydrogen-bond donors (Lipinski definition) is 0. The highest BCUT2D eigenvalue weighted by atomic mass is 16.5. The van der Waals surface area contributed by atoms with Crippen molar-refractivity contribution in [2.45, 2.75) is 6.42 Å². The lowest BCUT2D eigenvalue weighted by Crippen LogP contribution is -2.05. The van der Waals surface area contributed by atoms with Gasteiger partial charge in [0.25, 0.3) is 0 Å². The normalized spacial score (nSPS) is 10.2. The third-order valence-corrected chi connectivity index (χ3v) is 3.72. The van der Waals surface area contributed by atoms with Crippen molar-refractivity contribution in [2.75, 3.05) is 13.2 Å². The van der Waals surface area contributed by atoms with Gasteiger partial charge in [-0.2, -0.15) is 0 Å². The summed E-state index contributed by atoms with van der Waals surface area (Å²) in [7, 11) is 0. The quantitative estimate of drug-likeness (QED) is 0.440. The van der Waals surface area contributed by atoms with E-state index in [9.17, 15) is 4.79 Å². The van der Waals surface area contributed by atoms with Gasteiger partial charge >= 0.3 is 0 Å². The summed E-state index contributed by atoms with van der Waals surface area (Å²) in [5.41, 5.74) is 1.35. The summed E-state index contributed by atoms with van der Waals surface area (Å²) in [6.07, 6.45) is 0.791. The second-order valence-corrected chi connectivity index (χ2v) is 5.58. The molecule has 3 aromatic rings. The number of ether oxygens (including phenoxy) is 2. The first-order valence-electron chi connectivity index (χ1n) is 8.33. The predicted molar refractivity (Wildman–Crippen MR) is 98.4 cm³/mol. The predicted octanol–water partition coefficient (Wildman–Crippen LogP) is 4.77. The average molecular weight is 332 g/mol. The molecule has 0 saturated carbocycles. The number of ketones is 1. The van der Waals surface area contributed by atoms with Gasteiger partial charge in [0.15, 0.2) is 5.78 Å². The second kappa shape index (κ2) is 8.69. The molecule has 3 nitrogen and oxygen atoms in total. The van der Waals surface area contributed by atoms with Crippen molar-refractivity contribution >= 4 is 5.78 Å². The van der Waals surface area contributed by atoms with Crippen LogP contribution in [-0.2, 0) is 0 Å². The minimum atomic E-state index is 0.0170. The summed E-state index contributed by atoms with van der Waals surface area (Å²) in [5, 5.41) is 0. The van der Waals surface area contributed by atoms with Crippen LogP contribution in [0.15, 0.2) is 84.9 Å². The fourth-order valence-corrected chi connectivity index (χ4v) is 2.41. The molecule has 0 heterocycles. The summed E-state index contributed by atoms with van der Waals surface area (Å²) < 4.78 is 11.3. The van der Waals surface area contributed by atoms with Gasteiger partial charge in [0.2, 0.25) is 0 Å². The maximum absolute atomic E-state index is 12.3. The molecule has 0 aromatic heterocycles. The van der Waals surface area contributed by atoms with Crippen LogP contribution in [0, 0.1) is 0 Å². The van der Waals surface area contributed by atoms with Crippen LogP contribution in [0.2, 0.25) is 0 Å². The van der Waals surface area contributed by atoms with Gasteiger partial charge in [0.05, 0.1) is 13.2 Å². The van der Waals surface area contributed by atoms with Crippen molar-refractivity contribution in [3.05, 3.63) is 96.1 Å². The van der Waals surface area contributed by atoms with Gasteiger partial charge in [0, 0.05) is 17.5 Å². The number of hydrogen-bond acceptors (Lipinski definition) is 3. The van der Waals surface area contributed by atoms with Gasteiger partial charge in [-0.1, -0.05) is 48.5 Å². The molecule has 0 spiro atoms. The lowest BCUT2D eigenvalue weighted by Gasteiger charge is -2.08. The third-order valence-electron chi connectivity index (χ3n) is 3.72. The summed E-state index contributed by atoms with van der Waals surface area (Å²) in [5.74, 6) is 1.64. The molecule has 0 atom stereocenters. The largest absolute Gasteiger partial charge is 0.493 e. The zero-order valence-electron chi connectivity index (χ0n) is 13.9. The van der Waals surface area contributed by atoms with Crippen LogP contribution in [0.4, 0.5) is 0 Å². The highest BCUT2D eigenvalue weighted by Crippen LogP contribution is 2.16. The average Bonchev–Trinajstić information content (AvgIpc) is 2.69. The smallest absolute Gasteiger partial charge is 0.193 e. The zero-order valence-corrected chi connectivity index (χ0v) is 13.9. The summed E-state index contributed by atoms with van der Waals surface area (Å²) in [4.78, 5) is 12.3. The van der Waals surface area contributed by atoms with Crippen molar-refractivity contribution in [3.8, 4) is 11.5 Å². The molecule has 0 N–H and O–H groups in total. The highest BCUT2D eigenvalue weighted by Gasteiger charge is 2.08. The standard InChI is InChI=1S/C22H20O3/c23-22(18-8-3-1-4-9-18)19-12-14-21(15-13-19)25-17-7-16-24-20-10-5-2-6-11-20/h1-6,8-15H,7,16-17H2. The maximum Gasteiger partial charge on any atom is 0.193 e. The molecule has 0 bridgehead atoms. The van der Waals surface area contributed by atoms with Crippen LogP contribution in [0.5, 0.6) is 11.5 Å². The molecule has 3 rings (SSSR count). The molecule has 0 saturated heterocycles. The molecule has 0 amide bonds. The minimum absolute atomic E-state index is 0.0170. The number of benzene rings is 3. The molecular formula is C22H20O3. The Kier molecular flexibility index (Phi) is 5.83. The minimum Gasteiger partial charge on any atom is -0.493 e. The van der Waals surface area contributed by atoms with Gasteiger partial charge in [-0.15, -0.1) is 0 Å². The van der Waals surface area contributed by atoms with E-state index >= 15 is 0 Å². The van der Waals surface area contributed by atoms with Crippen LogP contribution in [0.3, 0.4) is 0 Å². The van der Waals surface area contributed by atoms with Crippen LogP contribution < -0.4 is 9.47 Å². The number of carbonyl (C=O) groups excluding carboxylic acids is 1. The highest BCUT2D eigenvalue weighted by molar-refractivity contribution is 6.08. The number of rotatable bonds is 8. The lowest BCUT2D eigenvalue weighted by atomic mass is 10.0. The first kappa shape index (κ1) is 16.8. The molecule has 3 aromatic carbocycles. The Labute approximate surface area is 147 Å². The second-order valence-electron chi connectivity index (χ2n) is 5.58.